The maximum atomic E-state index is 11.5. The number of carbonyl (C=O) groups is 2. The van der Waals surface area contributed by atoms with Gasteiger partial charge in [-0.1, -0.05) is 30.3 Å². The molecule has 1 aromatic rings. The van der Waals surface area contributed by atoms with Crippen LogP contribution in [-0.2, 0) is 14.3 Å². The van der Waals surface area contributed by atoms with Gasteiger partial charge in [-0.25, -0.2) is 0 Å². The first-order chi connectivity index (χ1) is 7.52. The van der Waals surface area contributed by atoms with Gasteiger partial charge >= 0.3 is 5.97 Å². The highest BCUT2D eigenvalue weighted by atomic mass is 16.5. The van der Waals surface area contributed by atoms with Gasteiger partial charge in [-0.15, -0.1) is 0 Å². The van der Waals surface area contributed by atoms with Crippen molar-refractivity contribution in [2.45, 2.75) is 26.9 Å². The summed E-state index contributed by atoms with van der Waals surface area (Å²) in [6.07, 6.45) is -0.324. The van der Waals surface area contributed by atoms with Crippen LogP contribution in [0.1, 0.15) is 32.4 Å². The zero-order chi connectivity index (χ0) is 12.1. The number of carbonyl (C=O) groups excluding carboxylic acids is 2. The molecule has 0 amide bonds. The standard InChI is InChI=1S/C13H16O3/c1-9(10(2)14)13(15)16-11(3)12-7-5-4-6-8-12/h4-9,11H,1-3H3. The van der Waals surface area contributed by atoms with Gasteiger partial charge in [0, 0.05) is 0 Å². The summed E-state index contributed by atoms with van der Waals surface area (Å²) in [6.45, 7) is 4.74. The van der Waals surface area contributed by atoms with Crippen molar-refractivity contribution < 1.29 is 14.3 Å². The summed E-state index contributed by atoms with van der Waals surface area (Å²) in [5.41, 5.74) is 0.923. The monoisotopic (exact) mass is 220 g/mol. The van der Waals surface area contributed by atoms with E-state index in [0.29, 0.717) is 0 Å². The van der Waals surface area contributed by atoms with Crippen LogP contribution in [-0.4, -0.2) is 11.8 Å². The molecule has 0 spiro atoms. The van der Waals surface area contributed by atoms with E-state index in [1.54, 1.807) is 13.8 Å². The molecular formula is C13H16O3. The van der Waals surface area contributed by atoms with E-state index in [0.717, 1.165) is 5.56 Å². The highest BCUT2D eigenvalue weighted by molar-refractivity contribution is 5.97. The molecule has 0 saturated carbocycles. The maximum absolute atomic E-state index is 11.5. The molecule has 3 heteroatoms. The molecule has 0 bridgehead atoms. The van der Waals surface area contributed by atoms with Gasteiger partial charge < -0.3 is 4.74 Å². The summed E-state index contributed by atoms with van der Waals surface area (Å²) in [5.74, 6) is -1.33. The molecule has 2 unspecified atom stereocenters. The number of Topliss-reactive ketones (excluding diaryl/α,β-unsaturated/α-hetero) is 1. The fraction of sp³-hybridized carbons (Fsp3) is 0.385. The zero-order valence-electron chi connectivity index (χ0n) is 9.77. The van der Waals surface area contributed by atoms with Crippen molar-refractivity contribution in [1.29, 1.82) is 0 Å². The first kappa shape index (κ1) is 12.4. The minimum absolute atomic E-state index is 0.176. The molecule has 1 aromatic carbocycles. The van der Waals surface area contributed by atoms with Gasteiger partial charge in [0.15, 0.2) is 0 Å². The molecule has 1 rings (SSSR count). The molecule has 0 aliphatic heterocycles. The van der Waals surface area contributed by atoms with Gasteiger partial charge in [0.2, 0.25) is 0 Å². The number of ketones is 1. The topological polar surface area (TPSA) is 43.4 Å². The van der Waals surface area contributed by atoms with Crippen molar-refractivity contribution in [3.05, 3.63) is 35.9 Å². The Morgan fingerprint density at radius 1 is 1.12 bits per heavy atom. The van der Waals surface area contributed by atoms with Gasteiger partial charge in [0.25, 0.3) is 0 Å². The molecular weight excluding hydrogens is 204 g/mol. The van der Waals surface area contributed by atoms with Crippen molar-refractivity contribution in [2.24, 2.45) is 5.92 Å². The van der Waals surface area contributed by atoms with E-state index < -0.39 is 11.9 Å². The predicted octanol–water partition coefficient (Wildman–Crippen LogP) is 2.52. The molecule has 16 heavy (non-hydrogen) atoms. The molecule has 3 nitrogen and oxygen atoms in total. The van der Waals surface area contributed by atoms with E-state index in [4.69, 9.17) is 4.74 Å². The lowest BCUT2D eigenvalue weighted by Crippen LogP contribution is -2.22. The predicted molar refractivity (Wildman–Crippen MR) is 60.8 cm³/mol. The molecule has 0 heterocycles. The summed E-state index contributed by atoms with van der Waals surface area (Å²) < 4.78 is 5.20. The molecule has 0 N–H and O–H groups in total. The lowest BCUT2D eigenvalue weighted by molar-refractivity contribution is -0.155. The minimum atomic E-state index is -0.689. The van der Waals surface area contributed by atoms with Crippen molar-refractivity contribution in [1.82, 2.24) is 0 Å². The van der Waals surface area contributed by atoms with Crippen LogP contribution in [0.2, 0.25) is 0 Å². The fourth-order valence-electron chi connectivity index (χ4n) is 1.23. The first-order valence-corrected chi connectivity index (χ1v) is 5.28. The van der Waals surface area contributed by atoms with Gasteiger partial charge in [-0.2, -0.15) is 0 Å². The molecule has 0 aromatic heterocycles. The van der Waals surface area contributed by atoms with Crippen molar-refractivity contribution in [3.63, 3.8) is 0 Å². The van der Waals surface area contributed by atoms with Crippen LogP contribution in [0.3, 0.4) is 0 Å². The molecule has 0 radical (unpaired) electrons. The molecule has 0 saturated heterocycles. The highest BCUT2D eigenvalue weighted by Crippen LogP contribution is 2.17. The molecule has 86 valence electrons. The number of ether oxygens (including phenoxy) is 1. The van der Waals surface area contributed by atoms with Crippen molar-refractivity contribution in [3.8, 4) is 0 Å². The Balaban J connectivity index is 2.62. The molecule has 0 aliphatic rings. The largest absolute Gasteiger partial charge is 0.457 e. The number of hydrogen-bond acceptors (Lipinski definition) is 3. The third-order valence-electron chi connectivity index (χ3n) is 2.53. The summed E-state index contributed by atoms with van der Waals surface area (Å²) in [7, 11) is 0. The van der Waals surface area contributed by atoms with Crippen LogP contribution in [0, 0.1) is 5.92 Å². The van der Waals surface area contributed by atoms with E-state index in [1.165, 1.54) is 6.92 Å². The highest BCUT2D eigenvalue weighted by Gasteiger charge is 2.21. The average Bonchev–Trinajstić information content (AvgIpc) is 2.28. The normalized spacial score (nSPS) is 13.9. The van der Waals surface area contributed by atoms with Crippen LogP contribution in [0.4, 0.5) is 0 Å². The van der Waals surface area contributed by atoms with Gasteiger partial charge in [0.05, 0.1) is 0 Å². The first-order valence-electron chi connectivity index (χ1n) is 5.28. The van der Waals surface area contributed by atoms with E-state index in [1.807, 2.05) is 30.3 Å². The van der Waals surface area contributed by atoms with E-state index >= 15 is 0 Å². The third-order valence-corrected chi connectivity index (χ3v) is 2.53. The molecule has 0 aliphatic carbocycles. The molecule has 0 fully saturated rings. The van der Waals surface area contributed by atoms with E-state index in [2.05, 4.69) is 0 Å². The Bertz CT molecular complexity index is 370. The second-order valence-electron chi connectivity index (χ2n) is 3.82. The second kappa shape index (κ2) is 5.45. The van der Waals surface area contributed by atoms with E-state index in [-0.39, 0.29) is 11.9 Å². The number of esters is 1. The van der Waals surface area contributed by atoms with Gasteiger partial charge in [-0.05, 0) is 26.3 Å². The fourth-order valence-corrected chi connectivity index (χ4v) is 1.23. The van der Waals surface area contributed by atoms with Crippen LogP contribution in [0.25, 0.3) is 0 Å². The Morgan fingerprint density at radius 3 is 2.19 bits per heavy atom. The van der Waals surface area contributed by atoms with Crippen molar-refractivity contribution >= 4 is 11.8 Å². The number of rotatable bonds is 4. The molecule has 2 atom stereocenters. The number of benzene rings is 1. The summed E-state index contributed by atoms with van der Waals surface area (Å²) in [5, 5.41) is 0. The quantitative estimate of drug-likeness (QED) is 0.578. The minimum Gasteiger partial charge on any atom is -0.457 e. The van der Waals surface area contributed by atoms with Crippen LogP contribution in [0.15, 0.2) is 30.3 Å². The SMILES string of the molecule is CC(=O)C(C)C(=O)OC(C)c1ccccc1. The lowest BCUT2D eigenvalue weighted by Gasteiger charge is -2.15. The zero-order valence-corrected chi connectivity index (χ0v) is 9.77. The van der Waals surface area contributed by atoms with E-state index in [9.17, 15) is 9.59 Å². The van der Waals surface area contributed by atoms with Crippen LogP contribution < -0.4 is 0 Å². The van der Waals surface area contributed by atoms with Crippen LogP contribution in [0.5, 0.6) is 0 Å². The Labute approximate surface area is 95.4 Å². The number of hydrogen-bond donors (Lipinski definition) is 0. The summed E-state index contributed by atoms with van der Waals surface area (Å²) >= 11 is 0. The van der Waals surface area contributed by atoms with Crippen molar-refractivity contribution in [2.75, 3.05) is 0 Å². The average molecular weight is 220 g/mol. The summed E-state index contributed by atoms with van der Waals surface area (Å²) in [6, 6.07) is 9.44. The Morgan fingerprint density at radius 2 is 1.69 bits per heavy atom. The van der Waals surface area contributed by atoms with Crippen LogP contribution >= 0.6 is 0 Å². The van der Waals surface area contributed by atoms with Gasteiger partial charge in [0.1, 0.15) is 17.8 Å². The maximum Gasteiger partial charge on any atom is 0.316 e. The summed E-state index contributed by atoms with van der Waals surface area (Å²) in [4.78, 5) is 22.5. The smallest absolute Gasteiger partial charge is 0.316 e. The third kappa shape index (κ3) is 3.19. The van der Waals surface area contributed by atoms with Gasteiger partial charge in [-0.3, -0.25) is 9.59 Å². The second-order valence-corrected chi connectivity index (χ2v) is 3.82. The Hall–Kier alpha value is -1.64. The Kier molecular flexibility index (Phi) is 4.23. The lowest BCUT2D eigenvalue weighted by atomic mass is 10.1.